The van der Waals surface area contributed by atoms with Crippen LogP contribution in [0.4, 0.5) is 0 Å². The number of rotatable bonds is 4. The van der Waals surface area contributed by atoms with Crippen LogP contribution in [0, 0.1) is 0 Å². The van der Waals surface area contributed by atoms with Gasteiger partial charge in [-0.2, -0.15) is 5.06 Å². The van der Waals surface area contributed by atoms with E-state index in [1.54, 1.807) is 7.11 Å². The molecule has 0 saturated heterocycles. The van der Waals surface area contributed by atoms with E-state index >= 15 is 0 Å². The van der Waals surface area contributed by atoms with Gasteiger partial charge in [-0.3, -0.25) is 0 Å². The zero-order valence-corrected chi connectivity index (χ0v) is 12.1. The molecule has 4 nitrogen and oxygen atoms in total. The van der Waals surface area contributed by atoms with Crippen LogP contribution >= 0.6 is 0 Å². The van der Waals surface area contributed by atoms with Gasteiger partial charge in [-0.05, 0) is 35.2 Å². The Hall–Kier alpha value is -2.04. The van der Waals surface area contributed by atoms with E-state index in [-0.39, 0.29) is 0 Å². The van der Waals surface area contributed by atoms with Crippen molar-refractivity contribution in [1.29, 1.82) is 0 Å². The summed E-state index contributed by atoms with van der Waals surface area (Å²) in [6.07, 6.45) is 0.817. The van der Waals surface area contributed by atoms with E-state index in [1.807, 2.05) is 42.5 Å². The molecule has 1 aliphatic heterocycles. The van der Waals surface area contributed by atoms with Crippen LogP contribution in [0.2, 0.25) is 0 Å². The summed E-state index contributed by atoms with van der Waals surface area (Å²) in [7, 11) is 1.64. The van der Waals surface area contributed by atoms with Crippen LogP contribution in [0.1, 0.15) is 16.7 Å². The molecule has 1 N–H and O–H groups in total. The van der Waals surface area contributed by atoms with E-state index in [4.69, 9.17) is 9.47 Å². The monoisotopic (exact) mass is 285 g/mol. The lowest BCUT2D eigenvalue weighted by atomic mass is 10.00. The summed E-state index contributed by atoms with van der Waals surface area (Å²) in [6.45, 7) is 1.70. The minimum Gasteiger partial charge on any atom is -0.493 e. The van der Waals surface area contributed by atoms with Crippen LogP contribution in [0.15, 0.2) is 42.5 Å². The topological polar surface area (TPSA) is 41.9 Å². The van der Waals surface area contributed by atoms with Crippen LogP contribution in [-0.4, -0.2) is 23.9 Å². The first kappa shape index (κ1) is 13.9. The van der Waals surface area contributed by atoms with Gasteiger partial charge in [0.2, 0.25) is 0 Å². The second-order valence-corrected chi connectivity index (χ2v) is 5.18. The van der Waals surface area contributed by atoms with Crippen LogP contribution in [-0.2, 0) is 19.6 Å². The Morgan fingerprint density at radius 1 is 1.10 bits per heavy atom. The van der Waals surface area contributed by atoms with Gasteiger partial charge in [-0.1, -0.05) is 30.3 Å². The second-order valence-electron chi connectivity index (χ2n) is 5.18. The third-order valence-corrected chi connectivity index (χ3v) is 3.72. The highest BCUT2D eigenvalue weighted by Gasteiger charge is 2.18. The molecule has 0 fully saturated rings. The molecule has 0 saturated carbocycles. The van der Waals surface area contributed by atoms with E-state index in [0.29, 0.717) is 25.4 Å². The normalized spacial score (nSPS) is 14.6. The Morgan fingerprint density at radius 3 is 2.62 bits per heavy atom. The first-order chi connectivity index (χ1) is 10.3. The third-order valence-electron chi connectivity index (χ3n) is 3.72. The number of methoxy groups -OCH3 is 1. The number of hydroxylamine groups is 2. The molecule has 0 radical (unpaired) electrons. The predicted molar refractivity (Wildman–Crippen MR) is 79.7 cm³/mol. The highest BCUT2D eigenvalue weighted by atomic mass is 16.5. The third kappa shape index (κ3) is 3.17. The Kier molecular flexibility index (Phi) is 4.08. The summed E-state index contributed by atoms with van der Waals surface area (Å²) in [5.41, 5.74) is 3.43. The van der Waals surface area contributed by atoms with Gasteiger partial charge in [0.25, 0.3) is 0 Å². The van der Waals surface area contributed by atoms with Gasteiger partial charge < -0.3 is 14.7 Å². The van der Waals surface area contributed by atoms with Crippen LogP contribution in [0.25, 0.3) is 0 Å². The van der Waals surface area contributed by atoms with Crippen molar-refractivity contribution in [2.45, 2.75) is 19.6 Å². The molecule has 0 aliphatic carbocycles. The molecule has 0 unspecified atom stereocenters. The number of hydrogen-bond acceptors (Lipinski definition) is 4. The zero-order valence-electron chi connectivity index (χ0n) is 12.1. The van der Waals surface area contributed by atoms with Crippen molar-refractivity contribution < 1.29 is 14.7 Å². The first-order valence-corrected chi connectivity index (χ1v) is 7.06. The summed E-state index contributed by atoms with van der Waals surface area (Å²) >= 11 is 0. The fraction of sp³-hybridized carbons (Fsp3) is 0.294. The van der Waals surface area contributed by atoms with Crippen molar-refractivity contribution in [2.24, 2.45) is 0 Å². The molecule has 1 heterocycles. The van der Waals surface area contributed by atoms with E-state index in [1.165, 1.54) is 10.6 Å². The molecule has 0 atom stereocenters. The SMILES string of the molecule is COc1cc2c(cc1OCc1ccccc1)CCN(O)C2. The largest absolute Gasteiger partial charge is 0.493 e. The van der Waals surface area contributed by atoms with Gasteiger partial charge in [0.05, 0.1) is 7.11 Å². The maximum atomic E-state index is 9.60. The quantitative estimate of drug-likeness (QED) is 0.937. The van der Waals surface area contributed by atoms with Gasteiger partial charge in [0, 0.05) is 13.1 Å². The van der Waals surface area contributed by atoms with Gasteiger partial charge in [0.15, 0.2) is 11.5 Å². The van der Waals surface area contributed by atoms with Gasteiger partial charge in [0.1, 0.15) is 6.61 Å². The van der Waals surface area contributed by atoms with Crippen molar-refractivity contribution in [3.63, 3.8) is 0 Å². The molecule has 110 valence electrons. The lowest BCUT2D eigenvalue weighted by Crippen LogP contribution is -2.27. The molecule has 0 spiro atoms. The van der Waals surface area contributed by atoms with Gasteiger partial charge >= 0.3 is 0 Å². The number of fused-ring (bicyclic) bond motifs is 1. The minimum absolute atomic E-state index is 0.516. The molecule has 4 heteroatoms. The average Bonchev–Trinajstić information content (AvgIpc) is 2.53. The van der Waals surface area contributed by atoms with Crippen LogP contribution in [0.5, 0.6) is 11.5 Å². The number of benzene rings is 2. The molecule has 21 heavy (non-hydrogen) atoms. The fourth-order valence-electron chi connectivity index (χ4n) is 2.56. The van der Waals surface area contributed by atoms with Gasteiger partial charge in [-0.15, -0.1) is 0 Å². The van der Waals surface area contributed by atoms with E-state index in [2.05, 4.69) is 0 Å². The molecule has 0 amide bonds. The summed E-state index contributed by atoms with van der Waals surface area (Å²) in [5, 5.41) is 10.9. The lowest BCUT2D eigenvalue weighted by Gasteiger charge is -2.24. The Labute approximate surface area is 124 Å². The van der Waals surface area contributed by atoms with E-state index < -0.39 is 0 Å². The number of hydrogen-bond donors (Lipinski definition) is 1. The van der Waals surface area contributed by atoms with Crippen molar-refractivity contribution >= 4 is 0 Å². The predicted octanol–water partition coefficient (Wildman–Crippen LogP) is 3.02. The Morgan fingerprint density at radius 2 is 1.86 bits per heavy atom. The maximum absolute atomic E-state index is 9.60. The van der Waals surface area contributed by atoms with Gasteiger partial charge in [-0.25, -0.2) is 0 Å². The molecular formula is C17H19NO3. The standard InChI is InChI=1S/C17H19NO3/c1-20-16-10-15-11-18(19)8-7-14(15)9-17(16)21-12-13-5-3-2-4-6-13/h2-6,9-10,19H,7-8,11-12H2,1H3. The highest BCUT2D eigenvalue weighted by molar-refractivity contribution is 5.48. The van der Waals surface area contributed by atoms with E-state index in [0.717, 1.165) is 23.3 Å². The van der Waals surface area contributed by atoms with E-state index in [9.17, 15) is 5.21 Å². The molecule has 0 bridgehead atoms. The zero-order chi connectivity index (χ0) is 14.7. The molecule has 1 aliphatic rings. The second kappa shape index (κ2) is 6.16. The Bertz CT molecular complexity index is 613. The highest BCUT2D eigenvalue weighted by Crippen LogP contribution is 2.33. The number of nitrogens with zero attached hydrogens (tertiary/aromatic N) is 1. The van der Waals surface area contributed by atoms with Crippen molar-refractivity contribution in [3.8, 4) is 11.5 Å². The first-order valence-electron chi connectivity index (χ1n) is 7.06. The molecule has 2 aromatic carbocycles. The summed E-state index contributed by atoms with van der Waals surface area (Å²) in [5.74, 6) is 1.46. The average molecular weight is 285 g/mol. The van der Waals surface area contributed by atoms with Crippen molar-refractivity contribution in [3.05, 3.63) is 59.2 Å². The van der Waals surface area contributed by atoms with Crippen LogP contribution in [0.3, 0.4) is 0 Å². The molecule has 0 aromatic heterocycles. The van der Waals surface area contributed by atoms with Crippen LogP contribution < -0.4 is 9.47 Å². The Balaban J connectivity index is 1.81. The molecular weight excluding hydrogens is 266 g/mol. The summed E-state index contributed by atoms with van der Waals surface area (Å²) in [4.78, 5) is 0. The number of ether oxygens (including phenoxy) is 2. The smallest absolute Gasteiger partial charge is 0.161 e. The maximum Gasteiger partial charge on any atom is 0.161 e. The van der Waals surface area contributed by atoms with Crippen molar-refractivity contribution in [1.82, 2.24) is 5.06 Å². The summed E-state index contributed by atoms with van der Waals surface area (Å²) in [6, 6.07) is 14.0. The summed E-state index contributed by atoms with van der Waals surface area (Å²) < 4.78 is 11.3. The van der Waals surface area contributed by atoms with Crippen molar-refractivity contribution in [2.75, 3.05) is 13.7 Å². The lowest BCUT2D eigenvalue weighted by molar-refractivity contribution is -0.103. The molecule has 3 rings (SSSR count). The fourth-order valence-corrected chi connectivity index (χ4v) is 2.56. The minimum atomic E-state index is 0.516. The molecule has 2 aromatic rings.